The molecule has 21 heavy (non-hydrogen) atoms. The number of aromatic nitrogens is 2. The van der Waals surface area contributed by atoms with Crippen LogP contribution in [0.1, 0.15) is 51.4 Å². The Morgan fingerprint density at radius 3 is 2.86 bits per heavy atom. The summed E-state index contributed by atoms with van der Waals surface area (Å²) in [5, 5.41) is 4.27. The van der Waals surface area contributed by atoms with Crippen LogP contribution in [0, 0.1) is 6.92 Å². The zero-order valence-electron chi connectivity index (χ0n) is 12.0. The molecule has 1 aliphatic heterocycles. The van der Waals surface area contributed by atoms with Crippen molar-refractivity contribution in [1.82, 2.24) is 9.78 Å². The predicted molar refractivity (Wildman–Crippen MR) is 76.2 cm³/mol. The molecule has 0 amide bonds. The number of carbonyl (C=O) groups excluding carboxylic acids is 2. The molecule has 5 heteroatoms. The molecule has 0 saturated heterocycles. The highest BCUT2D eigenvalue weighted by Crippen LogP contribution is 2.33. The van der Waals surface area contributed by atoms with Gasteiger partial charge in [-0.25, -0.2) is 4.79 Å². The van der Waals surface area contributed by atoms with Crippen LogP contribution in [0.25, 0.3) is 0 Å². The minimum absolute atomic E-state index is 0.0540. The van der Waals surface area contributed by atoms with E-state index in [9.17, 15) is 9.59 Å². The molecule has 0 N–H and O–H groups in total. The summed E-state index contributed by atoms with van der Waals surface area (Å²) in [5.41, 5.74) is 2.64. The van der Waals surface area contributed by atoms with Crippen LogP contribution in [0.2, 0.25) is 0 Å². The zero-order valence-corrected chi connectivity index (χ0v) is 12.0. The quantitative estimate of drug-likeness (QED) is 0.639. The highest BCUT2D eigenvalue weighted by Gasteiger charge is 2.32. The molecule has 0 bridgehead atoms. The van der Waals surface area contributed by atoms with Gasteiger partial charge in [0.25, 0.3) is 0 Å². The van der Waals surface area contributed by atoms with Gasteiger partial charge in [-0.05, 0) is 19.9 Å². The number of nitrogens with zero attached hydrogens (tertiary/aromatic N) is 2. The van der Waals surface area contributed by atoms with E-state index in [1.807, 2.05) is 26.0 Å². The first-order valence-corrected chi connectivity index (χ1v) is 6.97. The van der Waals surface area contributed by atoms with E-state index in [1.54, 1.807) is 23.0 Å². The zero-order chi connectivity index (χ0) is 15.0. The maximum atomic E-state index is 12.4. The number of cyclic esters (lactones) is 1. The van der Waals surface area contributed by atoms with Crippen LogP contribution >= 0.6 is 0 Å². The van der Waals surface area contributed by atoms with Gasteiger partial charge in [-0.2, -0.15) is 5.10 Å². The SMILES string of the molecule is CCn1cc(C(=O)C[C@H]2OC(=O)c3ccccc32)c(C)n1. The van der Waals surface area contributed by atoms with Gasteiger partial charge in [0.1, 0.15) is 6.10 Å². The fourth-order valence-electron chi connectivity index (χ4n) is 2.60. The summed E-state index contributed by atoms with van der Waals surface area (Å²) in [7, 11) is 0. The predicted octanol–water partition coefficient (Wildman–Crippen LogP) is 2.70. The van der Waals surface area contributed by atoms with E-state index in [4.69, 9.17) is 4.74 Å². The number of fused-ring (bicyclic) bond motifs is 1. The van der Waals surface area contributed by atoms with Crippen LogP contribution in [0.5, 0.6) is 0 Å². The smallest absolute Gasteiger partial charge is 0.339 e. The molecular weight excluding hydrogens is 268 g/mol. The van der Waals surface area contributed by atoms with Gasteiger partial charge in [-0.3, -0.25) is 9.48 Å². The number of esters is 1. The first-order chi connectivity index (χ1) is 10.1. The lowest BCUT2D eigenvalue weighted by atomic mass is 9.99. The van der Waals surface area contributed by atoms with Crippen LogP contribution in [0.15, 0.2) is 30.5 Å². The molecule has 0 spiro atoms. The summed E-state index contributed by atoms with van der Waals surface area (Å²) in [6, 6.07) is 7.20. The monoisotopic (exact) mass is 284 g/mol. The third-order valence-electron chi connectivity index (χ3n) is 3.72. The minimum Gasteiger partial charge on any atom is -0.453 e. The second-order valence-corrected chi connectivity index (χ2v) is 5.09. The number of aryl methyl sites for hydroxylation is 2. The third kappa shape index (κ3) is 2.35. The molecule has 0 unspecified atom stereocenters. The highest BCUT2D eigenvalue weighted by molar-refractivity contribution is 5.99. The molecular formula is C16H16N2O3. The maximum Gasteiger partial charge on any atom is 0.339 e. The molecule has 2 heterocycles. The van der Waals surface area contributed by atoms with E-state index in [-0.39, 0.29) is 18.2 Å². The Kier molecular flexibility index (Phi) is 3.33. The lowest BCUT2D eigenvalue weighted by Gasteiger charge is -2.09. The molecule has 3 rings (SSSR count). The summed E-state index contributed by atoms with van der Waals surface area (Å²) >= 11 is 0. The number of benzene rings is 1. The molecule has 1 aromatic carbocycles. The average Bonchev–Trinajstić information content (AvgIpc) is 3.01. The van der Waals surface area contributed by atoms with E-state index in [1.165, 1.54) is 0 Å². The molecule has 0 aliphatic carbocycles. The number of hydrogen-bond acceptors (Lipinski definition) is 4. The summed E-state index contributed by atoms with van der Waals surface area (Å²) in [6.45, 7) is 4.50. The number of ether oxygens (including phenoxy) is 1. The van der Waals surface area contributed by atoms with Crippen molar-refractivity contribution in [3.63, 3.8) is 0 Å². The van der Waals surface area contributed by atoms with E-state index in [2.05, 4.69) is 5.10 Å². The second-order valence-electron chi connectivity index (χ2n) is 5.09. The fourth-order valence-corrected chi connectivity index (χ4v) is 2.60. The van der Waals surface area contributed by atoms with E-state index in [0.29, 0.717) is 16.8 Å². The largest absolute Gasteiger partial charge is 0.453 e. The van der Waals surface area contributed by atoms with Gasteiger partial charge in [-0.15, -0.1) is 0 Å². The van der Waals surface area contributed by atoms with Gasteiger partial charge in [0.2, 0.25) is 0 Å². The lowest BCUT2D eigenvalue weighted by molar-refractivity contribution is 0.0367. The number of ketones is 1. The van der Waals surface area contributed by atoms with E-state index >= 15 is 0 Å². The van der Waals surface area contributed by atoms with Crippen molar-refractivity contribution in [3.05, 3.63) is 52.8 Å². The third-order valence-corrected chi connectivity index (χ3v) is 3.72. The molecule has 5 nitrogen and oxygen atoms in total. The van der Waals surface area contributed by atoms with Crippen molar-refractivity contribution in [2.75, 3.05) is 0 Å². The molecule has 1 aliphatic rings. The molecule has 2 aromatic rings. The molecule has 0 radical (unpaired) electrons. The molecule has 0 saturated carbocycles. The van der Waals surface area contributed by atoms with Gasteiger partial charge in [0.05, 0.1) is 23.2 Å². The van der Waals surface area contributed by atoms with Crippen molar-refractivity contribution in [2.24, 2.45) is 0 Å². The van der Waals surface area contributed by atoms with Crippen LogP contribution in [0.4, 0.5) is 0 Å². The Labute approximate surface area is 122 Å². The standard InChI is InChI=1S/C16H16N2O3/c1-3-18-9-13(10(2)17-18)14(19)8-15-11-6-4-5-7-12(11)16(20)21-15/h4-7,9,15H,3,8H2,1-2H3/t15-/m1/s1. The summed E-state index contributed by atoms with van der Waals surface area (Å²) < 4.78 is 7.04. The first-order valence-electron chi connectivity index (χ1n) is 6.97. The number of hydrogen-bond donors (Lipinski definition) is 0. The average molecular weight is 284 g/mol. The van der Waals surface area contributed by atoms with Crippen LogP contribution in [-0.2, 0) is 11.3 Å². The van der Waals surface area contributed by atoms with E-state index < -0.39 is 6.10 Å². The Bertz CT molecular complexity index is 718. The number of carbonyl (C=O) groups is 2. The lowest BCUT2D eigenvalue weighted by Crippen LogP contribution is -2.08. The summed E-state index contributed by atoms with van der Waals surface area (Å²) in [4.78, 5) is 24.2. The Balaban J connectivity index is 1.83. The van der Waals surface area contributed by atoms with E-state index in [0.717, 1.165) is 12.1 Å². The number of Topliss-reactive ketones (excluding diaryl/α,β-unsaturated/α-hetero) is 1. The maximum absolute atomic E-state index is 12.4. The number of rotatable bonds is 4. The van der Waals surface area contributed by atoms with Gasteiger partial charge < -0.3 is 4.74 Å². The molecule has 108 valence electrons. The molecule has 1 atom stereocenters. The second kappa shape index (κ2) is 5.16. The molecule has 1 aromatic heterocycles. The summed E-state index contributed by atoms with van der Waals surface area (Å²) in [6.07, 6.45) is 1.41. The van der Waals surface area contributed by atoms with Crippen molar-refractivity contribution < 1.29 is 14.3 Å². The Morgan fingerprint density at radius 2 is 2.14 bits per heavy atom. The van der Waals surface area contributed by atoms with Gasteiger partial charge >= 0.3 is 5.97 Å². The van der Waals surface area contributed by atoms with Crippen LogP contribution in [-0.4, -0.2) is 21.5 Å². The normalized spacial score (nSPS) is 16.7. The fraction of sp³-hybridized carbons (Fsp3) is 0.312. The van der Waals surface area contributed by atoms with Crippen LogP contribution < -0.4 is 0 Å². The van der Waals surface area contributed by atoms with Crippen molar-refractivity contribution in [2.45, 2.75) is 32.9 Å². The topological polar surface area (TPSA) is 61.2 Å². The van der Waals surface area contributed by atoms with Crippen LogP contribution in [0.3, 0.4) is 0 Å². The highest BCUT2D eigenvalue weighted by atomic mass is 16.5. The van der Waals surface area contributed by atoms with Crippen molar-refractivity contribution in [1.29, 1.82) is 0 Å². The van der Waals surface area contributed by atoms with Gasteiger partial charge in [-0.1, -0.05) is 18.2 Å². The van der Waals surface area contributed by atoms with Crippen molar-refractivity contribution >= 4 is 11.8 Å². The first kappa shape index (κ1) is 13.5. The minimum atomic E-state index is -0.495. The van der Waals surface area contributed by atoms with Crippen molar-refractivity contribution in [3.8, 4) is 0 Å². The summed E-state index contributed by atoms with van der Waals surface area (Å²) in [5.74, 6) is -0.411. The molecule has 0 fully saturated rings. The van der Waals surface area contributed by atoms with Gasteiger partial charge in [0, 0.05) is 18.3 Å². The Hall–Kier alpha value is -2.43. The van der Waals surface area contributed by atoms with Gasteiger partial charge in [0.15, 0.2) is 5.78 Å². The Morgan fingerprint density at radius 1 is 1.38 bits per heavy atom.